The summed E-state index contributed by atoms with van der Waals surface area (Å²) in [7, 11) is 17.7. The van der Waals surface area contributed by atoms with Gasteiger partial charge in [0.2, 0.25) is 0 Å². The van der Waals surface area contributed by atoms with Crippen molar-refractivity contribution in [1.82, 2.24) is 0 Å². The minimum absolute atomic E-state index is 0.115. The Bertz CT molecular complexity index is 2640. The number of fused-ring (bicyclic) bond motifs is 5. The Morgan fingerprint density at radius 2 is 0.867 bits per heavy atom. The van der Waals surface area contributed by atoms with Gasteiger partial charge in [-0.3, -0.25) is 0 Å². The summed E-state index contributed by atoms with van der Waals surface area (Å²) < 4.78 is 1.05. The van der Waals surface area contributed by atoms with Crippen molar-refractivity contribution in [1.29, 1.82) is 0 Å². The van der Waals surface area contributed by atoms with Gasteiger partial charge in [0.1, 0.15) is 0 Å². The van der Waals surface area contributed by atoms with Crippen molar-refractivity contribution in [2.24, 2.45) is 0 Å². The molecule has 3 aliphatic rings. The monoisotopic (exact) mass is 919 g/mol. The SMILES string of the molecule is CC1=Cc2c(ccc(C(C)C)c2-c2ccccc2C(C)C)[CH]1[Zr]([Cl])([Cl])([c]1cccc2c1[SiH2]c1ccccc1-2)[CH]1C(C)=Cc2c1ccc(C(C)C)c2-c1ccccc1C(C)C. The van der Waals surface area contributed by atoms with Gasteiger partial charge in [0.05, 0.1) is 0 Å². The molecular weight excluding hydrogens is 863 g/mol. The first-order valence-corrected chi connectivity index (χ1v) is 34.1. The first-order chi connectivity index (χ1) is 28.6. The molecule has 0 fully saturated rings. The van der Waals surface area contributed by atoms with E-state index in [1.165, 1.54) is 103 Å². The molecule has 0 amide bonds. The Labute approximate surface area is 370 Å². The van der Waals surface area contributed by atoms with Crippen LogP contribution in [0.25, 0.3) is 45.5 Å². The number of hydrogen-bond acceptors (Lipinski definition) is 0. The molecule has 9 rings (SSSR count). The first-order valence-electron chi connectivity index (χ1n) is 22.3. The predicted molar refractivity (Wildman–Crippen MR) is 264 cm³/mol. The van der Waals surface area contributed by atoms with Crippen LogP contribution in [0.4, 0.5) is 0 Å². The van der Waals surface area contributed by atoms with E-state index in [9.17, 15) is 17.0 Å². The fourth-order valence-electron chi connectivity index (χ4n) is 11.7. The van der Waals surface area contributed by atoms with Crippen LogP contribution >= 0.6 is 17.0 Å². The fraction of sp³-hybridized carbons (Fsp3) is 0.286. The zero-order valence-corrected chi connectivity index (χ0v) is 42.4. The number of halogens is 2. The van der Waals surface area contributed by atoms with Crippen molar-refractivity contribution in [3.8, 4) is 33.4 Å². The van der Waals surface area contributed by atoms with E-state index < -0.39 is 25.9 Å². The van der Waals surface area contributed by atoms with Gasteiger partial charge >= 0.3 is 373 Å². The first kappa shape index (κ1) is 41.8. The summed E-state index contributed by atoms with van der Waals surface area (Å²) in [5.74, 6) is 1.47. The van der Waals surface area contributed by atoms with Crippen LogP contribution in [-0.2, 0) is 16.4 Å². The van der Waals surface area contributed by atoms with Crippen LogP contribution in [0.15, 0.2) is 126 Å². The summed E-state index contributed by atoms with van der Waals surface area (Å²) in [4.78, 5) is 0. The maximum atomic E-state index is 9.28. The topological polar surface area (TPSA) is 0 Å². The van der Waals surface area contributed by atoms with Crippen molar-refractivity contribution in [3.05, 3.63) is 171 Å². The average molecular weight is 922 g/mol. The van der Waals surface area contributed by atoms with E-state index in [-0.39, 0.29) is 7.25 Å². The van der Waals surface area contributed by atoms with Gasteiger partial charge in [-0.2, -0.15) is 0 Å². The molecule has 2 unspecified atom stereocenters. The molecule has 60 heavy (non-hydrogen) atoms. The summed E-state index contributed by atoms with van der Waals surface area (Å²) in [6.07, 6.45) is 4.99. The molecule has 4 heteroatoms. The molecule has 0 saturated heterocycles. The molecule has 305 valence electrons. The Morgan fingerprint density at radius 1 is 0.450 bits per heavy atom. The Kier molecular flexibility index (Phi) is 10.7. The van der Waals surface area contributed by atoms with Crippen molar-refractivity contribution in [3.63, 3.8) is 0 Å². The van der Waals surface area contributed by atoms with Gasteiger partial charge in [-0.25, -0.2) is 0 Å². The second kappa shape index (κ2) is 15.4. The third-order valence-corrected chi connectivity index (χ3v) is 37.5. The van der Waals surface area contributed by atoms with Crippen LogP contribution in [0.5, 0.6) is 0 Å². The van der Waals surface area contributed by atoms with E-state index in [1.807, 2.05) is 0 Å². The summed E-state index contributed by atoms with van der Waals surface area (Å²) in [6.45, 7) is 23.3. The summed E-state index contributed by atoms with van der Waals surface area (Å²) >= 11 is -5.60. The van der Waals surface area contributed by atoms with Crippen LogP contribution in [0.1, 0.15) is 145 Å². The van der Waals surface area contributed by atoms with Crippen molar-refractivity contribution < 1.29 is 16.4 Å². The predicted octanol–water partition coefficient (Wildman–Crippen LogP) is 14.6. The van der Waals surface area contributed by atoms with E-state index >= 15 is 0 Å². The molecule has 6 aromatic carbocycles. The average Bonchev–Trinajstić information content (AvgIpc) is 3.90. The Balaban J connectivity index is 1.37. The fourth-order valence-corrected chi connectivity index (χ4v) is 40.5. The Hall–Kier alpha value is -3.52. The van der Waals surface area contributed by atoms with Crippen LogP contribution in [0.2, 0.25) is 0 Å². The van der Waals surface area contributed by atoms with Gasteiger partial charge in [-0.05, 0) is 0 Å². The zero-order valence-electron chi connectivity index (χ0n) is 37.1. The number of hydrogen-bond donors (Lipinski definition) is 0. The quantitative estimate of drug-likeness (QED) is 0.127. The third kappa shape index (κ3) is 6.28. The van der Waals surface area contributed by atoms with Crippen molar-refractivity contribution in [2.75, 3.05) is 0 Å². The number of allylic oxidation sites excluding steroid dienone is 2. The van der Waals surface area contributed by atoms with E-state index in [1.54, 1.807) is 0 Å². The van der Waals surface area contributed by atoms with Gasteiger partial charge in [0.25, 0.3) is 0 Å². The summed E-state index contributed by atoms with van der Waals surface area (Å²) in [5.41, 5.74) is 21.4. The second-order valence-corrected chi connectivity index (χ2v) is 41.7. The molecule has 1 aliphatic heterocycles. The number of rotatable bonds is 9. The van der Waals surface area contributed by atoms with Crippen LogP contribution in [0, 0.1) is 0 Å². The van der Waals surface area contributed by atoms with E-state index in [0.29, 0.717) is 23.7 Å². The molecule has 0 saturated carbocycles. The number of benzene rings is 6. The standard InChI is InChI=1S/2C22H25.C12H9Si.2ClH.Zr/c2*1-14(2)18-8-6-7-9-20(18)22-19(15(3)4)11-10-17-12-16(5)13-21(17)22;1-3-7-11-9(5-1)10-6-2-4-8-12(10)13-11;;;/h2*6-15H,1-5H3;1-7H,13H2;2*1H;/q;;;;;+2/p-2. The molecule has 0 nitrogen and oxygen atoms in total. The summed E-state index contributed by atoms with van der Waals surface area (Å²) in [5, 5.41) is 2.96. The van der Waals surface area contributed by atoms with Gasteiger partial charge in [0.15, 0.2) is 0 Å². The molecule has 0 bridgehead atoms. The third-order valence-electron chi connectivity index (χ3n) is 14.3. The van der Waals surface area contributed by atoms with Gasteiger partial charge < -0.3 is 0 Å². The molecule has 2 aliphatic carbocycles. The molecule has 2 atom stereocenters. The van der Waals surface area contributed by atoms with Crippen LogP contribution < -0.4 is 13.6 Å². The molecular formula is C56H59Cl2SiZr. The van der Waals surface area contributed by atoms with Gasteiger partial charge in [-0.15, -0.1) is 0 Å². The van der Waals surface area contributed by atoms with Crippen LogP contribution in [0.3, 0.4) is 0 Å². The van der Waals surface area contributed by atoms with E-state index in [0.717, 1.165) is 0 Å². The molecule has 1 heterocycles. The van der Waals surface area contributed by atoms with E-state index in [2.05, 4.69) is 197 Å². The van der Waals surface area contributed by atoms with E-state index in [4.69, 9.17) is 0 Å². The Morgan fingerprint density at radius 3 is 1.33 bits per heavy atom. The molecule has 6 aromatic rings. The maximum absolute atomic E-state index is 9.28. The second-order valence-electron chi connectivity index (χ2n) is 19.3. The molecule has 0 N–H and O–H groups in total. The van der Waals surface area contributed by atoms with Crippen molar-refractivity contribution >= 4 is 52.3 Å². The molecule has 0 aromatic heterocycles. The zero-order chi connectivity index (χ0) is 42.4. The van der Waals surface area contributed by atoms with Gasteiger partial charge in [0, 0.05) is 0 Å². The van der Waals surface area contributed by atoms with Crippen LogP contribution in [-0.4, -0.2) is 9.52 Å². The normalized spacial score (nSPS) is 17.8. The minimum atomic E-state index is -5.60. The van der Waals surface area contributed by atoms with Gasteiger partial charge in [-0.1, -0.05) is 0 Å². The van der Waals surface area contributed by atoms with Crippen molar-refractivity contribution in [2.45, 2.75) is 100 Å². The molecule has 0 radical (unpaired) electrons. The summed E-state index contributed by atoms with van der Waals surface area (Å²) in [6, 6.07) is 43.9. The molecule has 0 spiro atoms.